The molecule has 4 nitrogen and oxygen atoms in total. The predicted octanol–water partition coefficient (Wildman–Crippen LogP) is 2.25. The lowest BCUT2D eigenvalue weighted by Crippen LogP contribution is -2.44. The van der Waals surface area contributed by atoms with Crippen molar-refractivity contribution in [3.05, 3.63) is 59.7 Å². The quantitative estimate of drug-likeness (QED) is 0.942. The molecule has 0 radical (unpaired) electrons. The molecule has 4 rings (SSSR count). The van der Waals surface area contributed by atoms with Gasteiger partial charge in [-0.05, 0) is 36.1 Å². The fourth-order valence-corrected chi connectivity index (χ4v) is 3.90. The predicted molar refractivity (Wildman–Crippen MR) is 95.4 cm³/mol. The molecule has 2 aliphatic rings. The summed E-state index contributed by atoms with van der Waals surface area (Å²) in [5.74, 6) is 0.326. The molecule has 0 bridgehead atoms. The van der Waals surface area contributed by atoms with Crippen LogP contribution in [0, 0.1) is 5.92 Å². The van der Waals surface area contributed by atoms with E-state index in [1.54, 1.807) is 0 Å². The van der Waals surface area contributed by atoms with Crippen LogP contribution in [0.15, 0.2) is 48.5 Å². The highest BCUT2D eigenvalue weighted by Gasteiger charge is 2.29. The van der Waals surface area contributed by atoms with Crippen molar-refractivity contribution in [2.24, 2.45) is 5.92 Å². The Morgan fingerprint density at radius 3 is 2.54 bits per heavy atom. The van der Waals surface area contributed by atoms with Gasteiger partial charge in [0.15, 0.2) is 0 Å². The molecule has 2 aromatic rings. The molecule has 0 aromatic heterocycles. The summed E-state index contributed by atoms with van der Waals surface area (Å²) < 4.78 is 0. The normalized spacial score (nSPS) is 19.1. The third-order valence-corrected chi connectivity index (χ3v) is 5.09. The van der Waals surface area contributed by atoms with Crippen LogP contribution in [0.5, 0.6) is 0 Å². The molecular formula is C20H22N2O2. The molecule has 4 heteroatoms. The molecule has 1 atom stereocenters. The van der Waals surface area contributed by atoms with Gasteiger partial charge in [-0.1, -0.05) is 36.4 Å². The molecule has 2 heterocycles. The number of fused-ring (bicyclic) bond motifs is 2. The summed E-state index contributed by atoms with van der Waals surface area (Å²) in [7, 11) is 0. The minimum absolute atomic E-state index is 0.133. The van der Waals surface area contributed by atoms with E-state index in [0.717, 1.165) is 37.3 Å². The largest absolute Gasteiger partial charge is 0.396 e. The van der Waals surface area contributed by atoms with Crippen molar-refractivity contribution in [1.29, 1.82) is 0 Å². The molecule has 2 aromatic carbocycles. The third kappa shape index (κ3) is 2.67. The Kier molecular flexibility index (Phi) is 3.98. The van der Waals surface area contributed by atoms with Crippen LogP contribution in [0.25, 0.3) is 0 Å². The van der Waals surface area contributed by atoms with Gasteiger partial charge < -0.3 is 14.9 Å². The summed E-state index contributed by atoms with van der Waals surface area (Å²) in [4.78, 5) is 16.9. The number of benzene rings is 2. The van der Waals surface area contributed by atoms with E-state index in [-0.39, 0.29) is 18.4 Å². The van der Waals surface area contributed by atoms with E-state index in [9.17, 15) is 9.90 Å². The number of para-hydroxylation sites is 2. The summed E-state index contributed by atoms with van der Waals surface area (Å²) in [6.07, 6.45) is 1.81. The Bertz CT molecular complexity index is 759. The number of amides is 1. The summed E-state index contributed by atoms with van der Waals surface area (Å²) in [6.45, 7) is 2.01. The lowest BCUT2D eigenvalue weighted by atomic mass is 9.93. The molecule has 1 amide bonds. The molecule has 124 valence electrons. The average molecular weight is 322 g/mol. The van der Waals surface area contributed by atoms with Crippen molar-refractivity contribution >= 4 is 17.3 Å². The Morgan fingerprint density at radius 1 is 1.04 bits per heavy atom. The smallest absolute Gasteiger partial charge is 0.246 e. The monoisotopic (exact) mass is 322 g/mol. The summed E-state index contributed by atoms with van der Waals surface area (Å²) in [6, 6.07) is 16.4. The Balaban J connectivity index is 1.56. The maximum absolute atomic E-state index is 12.9. The van der Waals surface area contributed by atoms with Crippen molar-refractivity contribution in [2.75, 3.05) is 36.0 Å². The van der Waals surface area contributed by atoms with Gasteiger partial charge in [0.25, 0.3) is 0 Å². The standard InChI is InChI=1S/C20H22N2O2/c23-14-15-11-17-6-2-3-7-18(17)21(12-15)13-20(24)22-10-9-16-5-1-4-8-19(16)22/h1-8,15,23H,9-14H2. The van der Waals surface area contributed by atoms with Crippen LogP contribution >= 0.6 is 0 Å². The van der Waals surface area contributed by atoms with Gasteiger partial charge in [0.05, 0.1) is 6.54 Å². The molecule has 0 aliphatic carbocycles. The highest BCUT2D eigenvalue weighted by atomic mass is 16.3. The fourth-order valence-electron chi connectivity index (χ4n) is 3.90. The second kappa shape index (κ2) is 6.29. The highest BCUT2D eigenvalue weighted by Crippen LogP contribution is 2.31. The number of aliphatic hydroxyl groups is 1. The van der Waals surface area contributed by atoms with Gasteiger partial charge in [0, 0.05) is 37.0 Å². The van der Waals surface area contributed by atoms with E-state index in [2.05, 4.69) is 23.1 Å². The van der Waals surface area contributed by atoms with Gasteiger partial charge in [-0.2, -0.15) is 0 Å². The van der Waals surface area contributed by atoms with E-state index < -0.39 is 0 Å². The van der Waals surface area contributed by atoms with E-state index >= 15 is 0 Å². The number of carbonyl (C=O) groups is 1. The molecule has 2 aliphatic heterocycles. The zero-order valence-electron chi connectivity index (χ0n) is 13.7. The number of rotatable bonds is 3. The lowest BCUT2D eigenvalue weighted by Gasteiger charge is -2.36. The molecule has 0 fully saturated rings. The van der Waals surface area contributed by atoms with Crippen molar-refractivity contribution in [2.45, 2.75) is 12.8 Å². The van der Waals surface area contributed by atoms with Gasteiger partial charge in [-0.15, -0.1) is 0 Å². The number of carbonyl (C=O) groups excluding carboxylic acids is 1. The van der Waals surface area contributed by atoms with Gasteiger partial charge in [0.2, 0.25) is 5.91 Å². The van der Waals surface area contributed by atoms with Gasteiger partial charge in [-0.25, -0.2) is 0 Å². The molecule has 24 heavy (non-hydrogen) atoms. The SMILES string of the molecule is O=C(CN1CC(CO)Cc2ccccc21)N1CCc2ccccc21. The number of hydrogen-bond donors (Lipinski definition) is 1. The minimum atomic E-state index is 0.133. The Labute approximate surface area is 142 Å². The Hall–Kier alpha value is -2.33. The van der Waals surface area contributed by atoms with Crippen LogP contribution in [0.1, 0.15) is 11.1 Å². The Morgan fingerprint density at radius 2 is 1.75 bits per heavy atom. The van der Waals surface area contributed by atoms with Crippen LogP contribution in [0.4, 0.5) is 11.4 Å². The second-order valence-electron chi connectivity index (χ2n) is 6.69. The van der Waals surface area contributed by atoms with Gasteiger partial charge in [0.1, 0.15) is 0 Å². The zero-order valence-corrected chi connectivity index (χ0v) is 13.7. The summed E-state index contributed by atoms with van der Waals surface area (Å²) in [5, 5.41) is 9.59. The highest BCUT2D eigenvalue weighted by molar-refractivity contribution is 5.98. The first kappa shape index (κ1) is 15.2. The maximum atomic E-state index is 12.9. The number of anilines is 2. The van der Waals surface area contributed by atoms with E-state index in [0.29, 0.717) is 6.54 Å². The van der Waals surface area contributed by atoms with Gasteiger partial charge in [-0.3, -0.25) is 4.79 Å². The average Bonchev–Trinajstić information content (AvgIpc) is 3.05. The maximum Gasteiger partial charge on any atom is 0.246 e. The third-order valence-electron chi connectivity index (χ3n) is 5.09. The second-order valence-corrected chi connectivity index (χ2v) is 6.69. The molecule has 0 saturated carbocycles. The van der Waals surface area contributed by atoms with Crippen molar-refractivity contribution in [1.82, 2.24) is 0 Å². The first-order chi connectivity index (χ1) is 11.8. The molecule has 1 unspecified atom stereocenters. The van der Waals surface area contributed by atoms with E-state index in [4.69, 9.17) is 0 Å². The summed E-state index contributed by atoms with van der Waals surface area (Å²) in [5.41, 5.74) is 4.64. The molecular weight excluding hydrogens is 300 g/mol. The lowest BCUT2D eigenvalue weighted by molar-refractivity contribution is -0.117. The molecule has 1 N–H and O–H groups in total. The van der Waals surface area contributed by atoms with E-state index in [1.165, 1.54) is 11.1 Å². The van der Waals surface area contributed by atoms with Crippen LogP contribution in [0.3, 0.4) is 0 Å². The topological polar surface area (TPSA) is 43.8 Å². The number of hydrogen-bond acceptors (Lipinski definition) is 3. The van der Waals surface area contributed by atoms with Crippen LogP contribution in [-0.4, -0.2) is 37.3 Å². The first-order valence-corrected chi connectivity index (χ1v) is 8.58. The number of aliphatic hydroxyl groups excluding tert-OH is 1. The summed E-state index contributed by atoms with van der Waals surface area (Å²) >= 11 is 0. The van der Waals surface area contributed by atoms with Crippen LogP contribution < -0.4 is 9.80 Å². The molecule has 0 saturated heterocycles. The molecule has 0 spiro atoms. The van der Waals surface area contributed by atoms with Crippen molar-refractivity contribution in [3.8, 4) is 0 Å². The fraction of sp³-hybridized carbons (Fsp3) is 0.350. The van der Waals surface area contributed by atoms with Crippen molar-refractivity contribution in [3.63, 3.8) is 0 Å². The zero-order chi connectivity index (χ0) is 16.5. The number of nitrogens with zero attached hydrogens (tertiary/aromatic N) is 2. The van der Waals surface area contributed by atoms with Crippen LogP contribution in [-0.2, 0) is 17.6 Å². The van der Waals surface area contributed by atoms with Crippen molar-refractivity contribution < 1.29 is 9.90 Å². The van der Waals surface area contributed by atoms with E-state index in [1.807, 2.05) is 35.2 Å². The van der Waals surface area contributed by atoms with Crippen LogP contribution in [0.2, 0.25) is 0 Å². The van der Waals surface area contributed by atoms with Gasteiger partial charge >= 0.3 is 0 Å². The minimum Gasteiger partial charge on any atom is -0.396 e. The first-order valence-electron chi connectivity index (χ1n) is 8.58.